The Kier molecular flexibility index (Phi) is 7.28. The molecule has 1 atom stereocenters. The van der Waals surface area contributed by atoms with Crippen molar-refractivity contribution in [1.29, 1.82) is 0 Å². The summed E-state index contributed by atoms with van der Waals surface area (Å²) in [6.07, 6.45) is 11.6. The second kappa shape index (κ2) is 10.5. The Morgan fingerprint density at radius 3 is 2.38 bits per heavy atom. The lowest BCUT2D eigenvalue weighted by Gasteiger charge is -2.45. The van der Waals surface area contributed by atoms with Crippen LogP contribution >= 0.6 is 0 Å². The number of nitrogens with zero attached hydrogens (tertiary/aromatic N) is 2. The number of nitrogens with one attached hydrogen (secondary N) is 1. The van der Waals surface area contributed by atoms with Gasteiger partial charge >= 0.3 is 0 Å². The van der Waals surface area contributed by atoms with Crippen LogP contribution in [-0.4, -0.2) is 37.6 Å². The minimum atomic E-state index is 0.494. The number of allylic oxidation sites excluding steroid dienone is 3. The van der Waals surface area contributed by atoms with Crippen LogP contribution in [0, 0.1) is 5.92 Å². The minimum absolute atomic E-state index is 0.494. The Balaban J connectivity index is 1.44. The predicted molar refractivity (Wildman–Crippen MR) is 137 cm³/mol. The normalized spacial score (nSPS) is 22.7. The van der Waals surface area contributed by atoms with E-state index in [9.17, 15) is 0 Å². The van der Waals surface area contributed by atoms with E-state index in [0.717, 1.165) is 35.8 Å². The van der Waals surface area contributed by atoms with Crippen LogP contribution in [0.3, 0.4) is 0 Å². The molecule has 0 aliphatic carbocycles. The summed E-state index contributed by atoms with van der Waals surface area (Å²) in [5.41, 5.74) is 5.87. The van der Waals surface area contributed by atoms with Gasteiger partial charge in [0.1, 0.15) is 0 Å². The molecule has 1 unspecified atom stereocenters. The Bertz CT molecular complexity index is 963. The summed E-state index contributed by atoms with van der Waals surface area (Å²) < 4.78 is 0. The molecule has 2 aromatic carbocycles. The van der Waals surface area contributed by atoms with Gasteiger partial charge in [-0.3, -0.25) is 0 Å². The highest BCUT2D eigenvalue weighted by atomic mass is 15.2. The fraction of sp³-hybridized carbons (Fsp3) is 0.310. The molecule has 0 radical (unpaired) electrons. The highest BCUT2D eigenvalue weighted by Crippen LogP contribution is 2.29. The molecule has 3 heterocycles. The summed E-state index contributed by atoms with van der Waals surface area (Å²) in [5.74, 6) is 0.760. The maximum atomic E-state index is 4.38. The van der Waals surface area contributed by atoms with E-state index in [1.165, 1.54) is 37.1 Å². The largest absolute Gasteiger partial charge is 0.381 e. The van der Waals surface area contributed by atoms with Gasteiger partial charge in [-0.1, -0.05) is 73.9 Å². The van der Waals surface area contributed by atoms with Crippen LogP contribution in [0.5, 0.6) is 0 Å². The molecular weight excluding hydrogens is 390 g/mol. The van der Waals surface area contributed by atoms with Crippen molar-refractivity contribution in [1.82, 2.24) is 10.2 Å². The maximum Gasteiger partial charge on any atom is 0.0417 e. The molecule has 166 valence electrons. The lowest BCUT2D eigenvalue weighted by atomic mass is 9.84. The van der Waals surface area contributed by atoms with Crippen molar-refractivity contribution < 1.29 is 0 Å². The first-order valence-electron chi connectivity index (χ1n) is 11.7. The Hall–Kier alpha value is -3.04. The van der Waals surface area contributed by atoms with Gasteiger partial charge in [-0.05, 0) is 61.5 Å². The first-order valence-corrected chi connectivity index (χ1v) is 11.7. The molecule has 1 N–H and O–H groups in total. The molecular formula is C29H35N3. The lowest BCUT2D eigenvalue weighted by Crippen LogP contribution is -2.55. The third-order valence-corrected chi connectivity index (χ3v) is 6.70. The van der Waals surface area contributed by atoms with E-state index < -0.39 is 0 Å². The molecule has 0 spiro atoms. The number of benzene rings is 2. The van der Waals surface area contributed by atoms with Crippen molar-refractivity contribution >= 4 is 5.69 Å². The maximum absolute atomic E-state index is 4.38. The molecule has 2 aromatic rings. The van der Waals surface area contributed by atoms with Crippen LogP contribution < -0.4 is 10.2 Å². The standard InChI is InChI=1S/C29H35N3/c1-4-5-11-27(23(2)30-29-22-32-18-16-26(29)17-19-32)21-31(3)28-14-12-25(13-15-28)20-24-9-7-6-8-10-24/h4-15,21,26,29-30H,1-2,16-20,22H2,3H3/b11-5-,27-21+. The Morgan fingerprint density at radius 1 is 1.06 bits per heavy atom. The Labute approximate surface area is 193 Å². The minimum Gasteiger partial charge on any atom is -0.381 e. The summed E-state index contributed by atoms with van der Waals surface area (Å²) in [6.45, 7) is 11.8. The second-order valence-corrected chi connectivity index (χ2v) is 8.99. The zero-order chi connectivity index (χ0) is 22.3. The van der Waals surface area contributed by atoms with Crippen molar-refractivity contribution in [2.45, 2.75) is 25.3 Å². The van der Waals surface area contributed by atoms with Gasteiger partial charge in [0.05, 0.1) is 0 Å². The van der Waals surface area contributed by atoms with Crippen molar-refractivity contribution in [3.05, 3.63) is 115 Å². The summed E-state index contributed by atoms with van der Waals surface area (Å²) in [6, 6.07) is 19.9. The summed E-state index contributed by atoms with van der Waals surface area (Å²) in [7, 11) is 2.09. The van der Waals surface area contributed by atoms with E-state index in [0.29, 0.717) is 6.04 Å². The fourth-order valence-corrected chi connectivity index (χ4v) is 4.79. The van der Waals surface area contributed by atoms with Crippen LogP contribution in [0.15, 0.2) is 103 Å². The van der Waals surface area contributed by atoms with Crippen LogP contribution in [-0.2, 0) is 6.42 Å². The highest BCUT2D eigenvalue weighted by molar-refractivity contribution is 5.53. The molecule has 5 rings (SSSR count). The van der Waals surface area contributed by atoms with E-state index in [-0.39, 0.29) is 0 Å². The first kappa shape index (κ1) is 22.2. The predicted octanol–water partition coefficient (Wildman–Crippen LogP) is 5.54. The molecule has 2 bridgehead atoms. The smallest absolute Gasteiger partial charge is 0.0417 e. The molecule has 0 saturated carbocycles. The number of fused-ring (bicyclic) bond motifs is 3. The quantitative estimate of drug-likeness (QED) is 0.532. The number of rotatable bonds is 9. The molecule has 0 aromatic heterocycles. The summed E-state index contributed by atoms with van der Waals surface area (Å²) in [4.78, 5) is 4.73. The van der Waals surface area contributed by atoms with Crippen LogP contribution in [0.1, 0.15) is 24.0 Å². The first-order chi connectivity index (χ1) is 15.6. The molecule has 3 heteroatoms. The van der Waals surface area contributed by atoms with Crippen LogP contribution in [0.2, 0.25) is 0 Å². The number of anilines is 1. The highest BCUT2D eigenvalue weighted by Gasteiger charge is 2.34. The molecule has 3 fully saturated rings. The van der Waals surface area contributed by atoms with Crippen molar-refractivity contribution in [2.75, 3.05) is 31.6 Å². The van der Waals surface area contributed by atoms with Gasteiger partial charge < -0.3 is 15.1 Å². The van der Waals surface area contributed by atoms with E-state index in [1.54, 1.807) is 0 Å². The van der Waals surface area contributed by atoms with E-state index in [4.69, 9.17) is 0 Å². The summed E-state index contributed by atoms with van der Waals surface area (Å²) in [5, 5.41) is 3.74. The van der Waals surface area contributed by atoms with Crippen LogP contribution in [0.25, 0.3) is 0 Å². The van der Waals surface area contributed by atoms with Gasteiger partial charge in [0.25, 0.3) is 0 Å². The average Bonchev–Trinajstić information content (AvgIpc) is 2.83. The topological polar surface area (TPSA) is 18.5 Å². The lowest BCUT2D eigenvalue weighted by molar-refractivity contribution is 0.0777. The Morgan fingerprint density at radius 2 is 1.75 bits per heavy atom. The monoisotopic (exact) mass is 425 g/mol. The van der Waals surface area contributed by atoms with Crippen molar-refractivity contribution in [3.63, 3.8) is 0 Å². The van der Waals surface area contributed by atoms with Gasteiger partial charge in [0.15, 0.2) is 0 Å². The molecule has 3 saturated heterocycles. The molecule has 3 aliphatic rings. The fourth-order valence-electron chi connectivity index (χ4n) is 4.79. The second-order valence-electron chi connectivity index (χ2n) is 8.99. The van der Waals surface area contributed by atoms with E-state index in [1.807, 2.05) is 12.2 Å². The number of piperidine rings is 3. The van der Waals surface area contributed by atoms with E-state index in [2.05, 4.69) is 102 Å². The van der Waals surface area contributed by atoms with Gasteiger partial charge in [-0.2, -0.15) is 0 Å². The molecule has 0 amide bonds. The van der Waals surface area contributed by atoms with Crippen LogP contribution in [0.4, 0.5) is 5.69 Å². The van der Waals surface area contributed by atoms with Gasteiger partial charge in [-0.25, -0.2) is 0 Å². The molecule has 3 nitrogen and oxygen atoms in total. The summed E-state index contributed by atoms with van der Waals surface area (Å²) >= 11 is 0. The van der Waals surface area contributed by atoms with Gasteiger partial charge in [0.2, 0.25) is 0 Å². The number of hydrogen-bond acceptors (Lipinski definition) is 3. The third-order valence-electron chi connectivity index (χ3n) is 6.70. The average molecular weight is 426 g/mol. The van der Waals surface area contributed by atoms with Crippen molar-refractivity contribution in [2.24, 2.45) is 5.92 Å². The zero-order valence-electron chi connectivity index (χ0n) is 19.2. The number of hydrogen-bond donors (Lipinski definition) is 1. The third kappa shape index (κ3) is 5.60. The molecule has 3 aliphatic heterocycles. The van der Waals surface area contributed by atoms with Gasteiger partial charge in [-0.15, -0.1) is 0 Å². The molecule has 32 heavy (non-hydrogen) atoms. The zero-order valence-corrected chi connectivity index (χ0v) is 19.2. The SMILES string of the molecule is C=C/C=C\C(=C/N(C)c1ccc(Cc2ccccc2)cc1)C(=C)NC1CN2CCC1CC2. The van der Waals surface area contributed by atoms with E-state index >= 15 is 0 Å². The van der Waals surface area contributed by atoms with Gasteiger partial charge in [0, 0.05) is 42.8 Å². The van der Waals surface area contributed by atoms with Crippen molar-refractivity contribution in [3.8, 4) is 0 Å².